The Hall–Kier alpha value is -2.95. The fraction of sp³-hybridized carbons (Fsp3) is 0.167. The summed E-state index contributed by atoms with van der Waals surface area (Å²) in [6.07, 6.45) is 3.05. The van der Waals surface area contributed by atoms with Crippen molar-refractivity contribution < 1.29 is 9.72 Å². The van der Waals surface area contributed by atoms with E-state index in [9.17, 15) is 14.9 Å². The molecule has 0 aliphatic carbocycles. The first-order chi connectivity index (χ1) is 11.0. The highest BCUT2D eigenvalue weighted by Crippen LogP contribution is 2.14. The molecule has 0 bridgehead atoms. The van der Waals surface area contributed by atoms with Gasteiger partial charge in [-0.3, -0.25) is 14.9 Å². The molecule has 0 unspecified atom stereocenters. The molecule has 0 saturated heterocycles. The van der Waals surface area contributed by atoms with Gasteiger partial charge in [-0.05, 0) is 43.2 Å². The minimum atomic E-state index is -0.455. The molecule has 2 aromatic rings. The van der Waals surface area contributed by atoms with Crippen LogP contribution in [0.25, 0.3) is 6.08 Å². The Labute approximate surface area is 134 Å². The maximum atomic E-state index is 11.9. The van der Waals surface area contributed by atoms with Crippen LogP contribution in [-0.4, -0.2) is 10.8 Å². The number of nitrogens with one attached hydrogen (secondary N) is 1. The summed E-state index contributed by atoms with van der Waals surface area (Å²) in [5.41, 5.74) is 2.96. The van der Waals surface area contributed by atoms with Crippen LogP contribution in [0.15, 0.2) is 54.6 Å². The summed E-state index contributed by atoms with van der Waals surface area (Å²) in [6, 6.07) is 13.9. The van der Waals surface area contributed by atoms with Gasteiger partial charge in [-0.2, -0.15) is 0 Å². The number of hydrogen-bond donors (Lipinski definition) is 1. The van der Waals surface area contributed by atoms with Crippen LogP contribution in [0.3, 0.4) is 0 Å². The number of hydrogen-bond acceptors (Lipinski definition) is 3. The maximum absolute atomic E-state index is 11.9. The predicted molar refractivity (Wildman–Crippen MR) is 89.9 cm³/mol. The van der Waals surface area contributed by atoms with Gasteiger partial charge in [0.2, 0.25) is 5.91 Å². The van der Waals surface area contributed by atoms with Gasteiger partial charge in [-0.15, -0.1) is 0 Å². The zero-order valence-corrected chi connectivity index (χ0v) is 13.0. The number of amides is 1. The lowest BCUT2D eigenvalue weighted by molar-refractivity contribution is -0.384. The van der Waals surface area contributed by atoms with E-state index in [1.54, 1.807) is 18.2 Å². The Kier molecular flexibility index (Phi) is 5.25. The second-order valence-electron chi connectivity index (χ2n) is 5.32. The van der Waals surface area contributed by atoms with E-state index in [1.807, 2.05) is 38.1 Å². The molecule has 5 heteroatoms. The third-order valence-electron chi connectivity index (χ3n) is 3.47. The number of nitro benzene ring substituents is 1. The Morgan fingerprint density at radius 2 is 1.74 bits per heavy atom. The molecule has 0 heterocycles. The lowest BCUT2D eigenvalue weighted by atomic mass is 10.1. The second kappa shape index (κ2) is 7.35. The number of benzene rings is 2. The lowest BCUT2D eigenvalue weighted by Crippen LogP contribution is -2.24. The summed E-state index contributed by atoms with van der Waals surface area (Å²) >= 11 is 0. The van der Waals surface area contributed by atoms with Crippen LogP contribution in [-0.2, 0) is 4.79 Å². The van der Waals surface area contributed by atoms with Crippen LogP contribution in [0.5, 0.6) is 0 Å². The van der Waals surface area contributed by atoms with Crippen molar-refractivity contribution >= 4 is 17.7 Å². The average Bonchev–Trinajstić information content (AvgIpc) is 2.54. The highest BCUT2D eigenvalue weighted by molar-refractivity contribution is 5.92. The molecule has 0 radical (unpaired) electrons. The number of carbonyl (C=O) groups is 1. The molecule has 1 atom stereocenters. The minimum absolute atomic E-state index is 0.0274. The van der Waals surface area contributed by atoms with E-state index in [2.05, 4.69) is 5.32 Å². The van der Waals surface area contributed by atoms with Crippen molar-refractivity contribution in [1.29, 1.82) is 0 Å². The van der Waals surface area contributed by atoms with E-state index in [0.717, 1.165) is 11.1 Å². The Morgan fingerprint density at radius 1 is 1.13 bits per heavy atom. The number of nitrogens with zero attached hydrogens (tertiary/aromatic N) is 1. The summed E-state index contributed by atoms with van der Waals surface area (Å²) in [6.45, 7) is 3.93. The smallest absolute Gasteiger partial charge is 0.269 e. The van der Waals surface area contributed by atoms with Gasteiger partial charge in [-0.1, -0.05) is 29.8 Å². The molecule has 2 rings (SSSR count). The van der Waals surface area contributed by atoms with Gasteiger partial charge < -0.3 is 5.32 Å². The summed E-state index contributed by atoms with van der Waals surface area (Å²) in [4.78, 5) is 22.1. The number of carbonyl (C=O) groups excluding carboxylic acids is 1. The molecule has 0 spiro atoms. The van der Waals surface area contributed by atoms with Crippen LogP contribution >= 0.6 is 0 Å². The third kappa shape index (κ3) is 4.78. The molecule has 5 nitrogen and oxygen atoms in total. The van der Waals surface area contributed by atoms with Crippen LogP contribution < -0.4 is 5.32 Å². The van der Waals surface area contributed by atoms with E-state index < -0.39 is 4.92 Å². The first-order valence-electron chi connectivity index (χ1n) is 7.25. The molecule has 23 heavy (non-hydrogen) atoms. The largest absolute Gasteiger partial charge is 0.346 e. The number of non-ortho nitro benzene ring substituents is 1. The zero-order valence-electron chi connectivity index (χ0n) is 13.0. The van der Waals surface area contributed by atoms with Crippen molar-refractivity contribution in [1.82, 2.24) is 5.32 Å². The second-order valence-corrected chi connectivity index (χ2v) is 5.32. The van der Waals surface area contributed by atoms with Crippen molar-refractivity contribution in [2.24, 2.45) is 0 Å². The van der Waals surface area contributed by atoms with Gasteiger partial charge in [0.25, 0.3) is 5.69 Å². The predicted octanol–water partition coefficient (Wildman–Crippen LogP) is 3.79. The standard InChI is InChI=1S/C18H18N2O3/c1-13-3-8-16(9-4-13)14(2)19-18(21)12-7-15-5-10-17(11-6-15)20(22)23/h3-12,14H,1-2H3,(H,19,21)/b12-7+/t14-/m1/s1. The number of nitro groups is 1. The van der Waals surface area contributed by atoms with Gasteiger partial charge in [0, 0.05) is 18.2 Å². The monoisotopic (exact) mass is 310 g/mol. The van der Waals surface area contributed by atoms with E-state index in [-0.39, 0.29) is 17.6 Å². The molecular weight excluding hydrogens is 292 g/mol. The molecule has 1 amide bonds. The maximum Gasteiger partial charge on any atom is 0.269 e. The fourth-order valence-electron chi connectivity index (χ4n) is 2.08. The van der Waals surface area contributed by atoms with E-state index in [1.165, 1.54) is 23.8 Å². The van der Waals surface area contributed by atoms with E-state index in [0.29, 0.717) is 0 Å². The summed E-state index contributed by atoms with van der Waals surface area (Å²) < 4.78 is 0. The molecule has 0 aromatic heterocycles. The lowest BCUT2D eigenvalue weighted by Gasteiger charge is -2.13. The van der Waals surface area contributed by atoms with Gasteiger partial charge in [0.05, 0.1) is 11.0 Å². The Balaban J connectivity index is 1.95. The molecule has 0 aliphatic rings. The number of aryl methyl sites for hydroxylation is 1. The SMILES string of the molecule is Cc1ccc([C@@H](C)NC(=O)/C=C/c2ccc([N+](=O)[O-])cc2)cc1. The van der Waals surface area contributed by atoms with Crippen LogP contribution in [0.2, 0.25) is 0 Å². The van der Waals surface area contributed by atoms with E-state index in [4.69, 9.17) is 0 Å². The van der Waals surface area contributed by atoms with Crippen molar-refractivity contribution in [2.75, 3.05) is 0 Å². The highest BCUT2D eigenvalue weighted by atomic mass is 16.6. The normalized spacial score (nSPS) is 12.1. The zero-order chi connectivity index (χ0) is 16.8. The summed E-state index contributed by atoms with van der Waals surface area (Å²) in [5.74, 6) is -0.212. The molecule has 0 fully saturated rings. The van der Waals surface area contributed by atoms with Gasteiger partial charge >= 0.3 is 0 Å². The van der Waals surface area contributed by atoms with Crippen molar-refractivity contribution in [3.05, 3.63) is 81.4 Å². The molecular formula is C18H18N2O3. The van der Waals surface area contributed by atoms with Gasteiger partial charge in [-0.25, -0.2) is 0 Å². The van der Waals surface area contributed by atoms with Crippen LogP contribution in [0.1, 0.15) is 29.7 Å². The summed E-state index contributed by atoms with van der Waals surface area (Å²) in [5, 5.41) is 13.5. The van der Waals surface area contributed by atoms with E-state index >= 15 is 0 Å². The van der Waals surface area contributed by atoms with Crippen LogP contribution in [0.4, 0.5) is 5.69 Å². The Morgan fingerprint density at radius 3 is 2.30 bits per heavy atom. The average molecular weight is 310 g/mol. The minimum Gasteiger partial charge on any atom is -0.346 e. The first kappa shape index (κ1) is 16.4. The van der Waals surface area contributed by atoms with Crippen molar-refractivity contribution in [3.63, 3.8) is 0 Å². The molecule has 0 aliphatic heterocycles. The number of rotatable bonds is 5. The topological polar surface area (TPSA) is 72.2 Å². The Bertz CT molecular complexity index is 719. The van der Waals surface area contributed by atoms with Gasteiger partial charge in [0.1, 0.15) is 0 Å². The fourth-order valence-corrected chi connectivity index (χ4v) is 2.08. The first-order valence-corrected chi connectivity index (χ1v) is 7.25. The third-order valence-corrected chi connectivity index (χ3v) is 3.47. The quantitative estimate of drug-likeness (QED) is 0.519. The molecule has 2 aromatic carbocycles. The van der Waals surface area contributed by atoms with Crippen molar-refractivity contribution in [2.45, 2.75) is 19.9 Å². The van der Waals surface area contributed by atoms with Gasteiger partial charge in [0.15, 0.2) is 0 Å². The molecule has 118 valence electrons. The summed E-state index contributed by atoms with van der Waals surface area (Å²) in [7, 11) is 0. The van der Waals surface area contributed by atoms with Crippen LogP contribution in [0, 0.1) is 17.0 Å². The molecule has 1 N–H and O–H groups in total. The highest BCUT2D eigenvalue weighted by Gasteiger charge is 2.07. The van der Waals surface area contributed by atoms with Crippen molar-refractivity contribution in [3.8, 4) is 0 Å². The molecule has 0 saturated carbocycles.